The highest BCUT2D eigenvalue weighted by Gasteiger charge is 1.87. The van der Waals surface area contributed by atoms with Crippen LogP contribution in [0.5, 0.6) is 0 Å². The molecule has 0 aliphatic heterocycles. The molecule has 0 N–H and O–H groups in total. The van der Waals surface area contributed by atoms with Gasteiger partial charge in [-0.05, 0) is 12.8 Å². The molecule has 0 aliphatic carbocycles. The molecule has 0 aliphatic rings. The fourth-order valence-corrected chi connectivity index (χ4v) is 1.32. The van der Waals surface area contributed by atoms with E-state index in [0.717, 1.165) is 6.42 Å². The van der Waals surface area contributed by atoms with Crippen molar-refractivity contribution in [1.29, 1.82) is 5.26 Å². The molecule has 1 heteroatoms. The SMILES string of the molecule is CCCCCCCCC=CC=CC#N. The van der Waals surface area contributed by atoms with E-state index in [1.165, 1.54) is 44.6 Å². The van der Waals surface area contributed by atoms with Crippen LogP contribution in [0.2, 0.25) is 0 Å². The normalized spacial score (nSPS) is 11.1. The molecule has 0 saturated carbocycles. The van der Waals surface area contributed by atoms with Crippen LogP contribution in [0.15, 0.2) is 24.3 Å². The summed E-state index contributed by atoms with van der Waals surface area (Å²) < 4.78 is 0. The zero-order valence-corrected chi connectivity index (χ0v) is 9.21. The number of allylic oxidation sites excluding steroid dienone is 4. The molecule has 78 valence electrons. The summed E-state index contributed by atoms with van der Waals surface area (Å²) in [5, 5.41) is 8.22. The Kier molecular flexibility index (Phi) is 11.1. The lowest BCUT2D eigenvalue weighted by Crippen LogP contribution is -1.77. The maximum Gasteiger partial charge on any atom is 0.0912 e. The van der Waals surface area contributed by atoms with Crippen LogP contribution in [-0.4, -0.2) is 0 Å². The molecule has 0 heterocycles. The average molecular weight is 191 g/mol. The maximum absolute atomic E-state index is 8.22. The fourth-order valence-electron chi connectivity index (χ4n) is 1.32. The van der Waals surface area contributed by atoms with Crippen molar-refractivity contribution < 1.29 is 0 Å². The van der Waals surface area contributed by atoms with Gasteiger partial charge in [0, 0.05) is 6.08 Å². The molecule has 0 saturated heterocycles. The Hall–Kier alpha value is -1.03. The van der Waals surface area contributed by atoms with Crippen LogP contribution in [0.3, 0.4) is 0 Å². The number of unbranched alkanes of at least 4 members (excludes halogenated alkanes) is 6. The Balaban J connectivity index is 3.10. The highest BCUT2D eigenvalue weighted by Crippen LogP contribution is 2.06. The molecule has 0 aromatic heterocycles. The lowest BCUT2D eigenvalue weighted by atomic mass is 10.1. The number of rotatable bonds is 8. The quantitative estimate of drug-likeness (QED) is 0.317. The van der Waals surface area contributed by atoms with Crippen molar-refractivity contribution in [2.75, 3.05) is 0 Å². The second-order valence-electron chi connectivity index (χ2n) is 3.47. The lowest BCUT2D eigenvalue weighted by Gasteiger charge is -1.96. The van der Waals surface area contributed by atoms with Gasteiger partial charge in [-0.25, -0.2) is 0 Å². The van der Waals surface area contributed by atoms with Crippen molar-refractivity contribution in [1.82, 2.24) is 0 Å². The largest absolute Gasteiger partial charge is 0.193 e. The number of hydrogen-bond acceptors (Lipinski definition) is 1. The molecule has 0 atom stereocenters. The van der Waals surface area contributed by atoms with Gasteiger partial charge in [0.15, 0.2) is 0 Å². The zero-order valence-electron chi connectivity index (χ0n) is 9.21. The monoisotopic (exact) mass is 191 g/mol. The third-order valence-corrected chi connectivity index (χ3v) is 2.14. The van der Waals surface area contributed by atoms with Crippen molar-refractivity contribution in [2.24, 2.45) is 0 Å². The average Bonchev–Trinajstić information content (AvgIpc) is 2.21. The standard InChI is InChI=1S/C13H21N/c1-2-3-4-5-6-7-8-9-10-11-12-13-14/h9-12H,2-8H2,1H3. The van der Waals surface area contributed by atoms with Crippen molar-refractivity contribution in [3.8, 4) is 6.07 Å². The molecule has 0 fully saturated rings. The van der Waals surface area contributed by atoms with Crippen LogP contribution < -0.4 is 0 Å². The van der Waals surface area contributed by atoms with E-state index in [-0.39, 0.29) is 0 Å². The van der Waals surface area contributed by atoms with Gasteiger partial charge in [0.2, 0.25) is 0 Å². The molecule has 0 spiro atoms. The molecule has 0 rings (SSSR count). The van der Waals surface area contributed by atoms with Gasteiger partial charge < -0.3 is 0 Å². The summed E-state index contributed by atoms with van der Waals surface area (Å²) >= 11 is 0. The molecule has 0 amide bonds. The van der Waals surface area contributed by atoms with Crippen molar-refractivity contribution >= 4 is 0 Å². The lowest BCUT2D eigenvalue weighted by molar-refractivity contribution is 0.611. The summed E-state index contributed by atoms with van der Waals surface area (Å²) in [5.41, 5.74) is 0. The molecule has 0 aromatic carbocycles. The van der Waals surface area contributed by atoms with E-state index in [1.54, 1.807) is 6.08 Å². The minimum Gasteiger partial charge on any atom is -0.193 e. The van der Waals surface area contributed by atoms with Crippen LogP contribution in [0.4, 0.5) is 0 Å². The number of nitriles is 1. The summed E-state index contributed by atoms with van der Waals surface area (Å²) in [6, 6.07) is 1.96. The molecule has 1 nitrogen and oxygen atoms in total. The minimum atomic E-state index is 1.14. The van der Waals surface area contributed by atoms with Crippen LogP contribution in [0.1, 0.15) is 51.9 Å². The molecular formula is C13H21N. The van der Waals surface area contributed by atoms with E-state index in [9.17, 15) is 0 Å². The molecule has 0 radical (unpaired) electrons. The summed E-state index contributed by atoms with van der Waals surface area (Å²) in [7, 11) is 0. The predicted molar refractivity (Wildman–Crippen MR) is 61.9 cm³/mol. The van der Waals surface area contributed by atoms with Gasteiger partial charge >= 0.3 is 0 Å². The zero-order chi connectivity index (χ0) is 10.5. The highest BCUT2D eigenvalue weighted by molar-refractivity contribution is 5.11. The summed E-state index contributed by atoms with van der Waals surface area (Å²) in [6.45, 7) is 2.24. The highest BCUT2D eigenvalue weighted by atomic mass is 14.2. The smallest absolute Gasteiger partial charge is 0.0912 e. The topological polar surface area (TPSA) is 23.8 Å². The molecular weight excluding hydrogens is 170 g/mol. The summed E-state index contributed by atoms with van der Waals surface area (Å²) in [6.07, 6.45) is 16.6. The van der Waals surface area contributed by atoms with E-state index in [4.69, 9.17) is 5.26 Å². The molecule has 14 heavy (non-hydrogen) atoms. The van der Waals surface area contributed by atoms with Gasteiger partial charge in [0.25, 0.3) is 0 Å². The van der Waals surface area contributed by atoms with Crippen molar-refractivity contribution in [3.63, 3.8) is 0 Å². The Morgan fingerprint density at radius 2 is 1.71 bits per heavy atom. The van der Waals surface area contributed by atoms with Crippen LogP contribution in [-0.2, 0) is 0 Å². The van der Waals surface area contributed by atoms with Gasteiger partial charge in [-0.2, -0.15) is 5.26 Å². The number of hydrogen-bond donors (Lipinski definition) is 0. The molecule has 0 unspecified atom stereocenters. The van der Waals surface area contributed by atoms with Crippen LogP contribution in [0, 0.1) is 11.3 Å². The third kappa shape index (κ3) is 11.0. The predicted octanol–water partition coefficient (Wildman–Crippen LogP) is 4.37. The van der Waals surface area contributed by atoms with E-state index in [0.29, 0.717) is 0 Å². The van der Waals surface area contributed by atoms with Gasteiger partial charge in [-0.1, -0.05) is 57.3 Å². The van der Waals surface area contributed by atoms with Crippen LogP contribution >= 0.6 is 0 Å². The van der Waals surface area contributed by atoms with E-state index in [1.807, 2.05) is 12.1 Å². The van der Waals surface area contributed by atoms with E-state index >= 15 is 0 Å². The van der Waals surface area contributed by atoms with Gasteiger partial charge in [0.05, 0.1) is 6.07 Å². The van der Waals surface area contributed by atoms with Crippen LogP contribution in [0.25, 0.3) is 0 Å². The second kappa shape index (κ2) is 12.0. The summed E-state index contributed by atoms with van der Waals surface area (Å²) in [5.74, 6) is 0. The third-order valence-electron chi connectivity index (χ3n) is 2.14. The minimum absolute atomic E-state index is 1.14. The first-order valence-electron chi connectivity index (χ1n) is 5.63. The van der Waals surface area contributed by atoms with Gasteiger partial charge in [-0.3, -0.25) is 0 Å². The van der Waals surface area contributed by atoms with E-state index < -0.39 is 0 Å². The Morgan fingerprint density at radius 1 is 1.00 bits per heavy atom. The van der Waals surface area contributed by atoms with Gasteiger partial charge in [0.1, 0.15) is 0 Å². The fraction of sp³-hybridized carbons (Fsp3) is 0.615. The first-order chi connectivity index (χ1) is 6.91. The first kappa shape index (κ1) is 13.0. The maximum atomic E-state index is 8.22. The molecule has 0 aromatic rings. The van der Waals surface area contributed by atoms with Crippen molar-refractivity contribution in [3.05, 3.63) is 24.3 Å². The van der Waals surface area contributed by atoms with E-state index in [2.05, 4.69) is 13.0 Å². The Bertz CT molecular complexity index is 196. The van der Waals surface area contributed by atoms with Crippen molar-refractivity contribution in [2.45, 2.75) is 51.9 Å². The first-order valence-corrected chi connectivity index (χ1v) is 5.63. The molecule has 0 bridgehead atoms. The Morgan fingerprint density at radius 3 is 2.43 bits per heavy atom. The summed E-state index contributed by atoms with van der Waals surface area (Å²) in [4.78, 5) is 0. The Labute approximate surface area is 88.1 Å². The van der Waals surface area contributed by atoms with Gasteiger partial charge in [-0.15, -0.1) is 0 Å². The second-order valence-corrected chi connectivity index (χ2v) is 3.47. The number of nitrogens with zero attached hydrogens (tertiary/aromatic N) is 1.